The molecule has 7 nitrogen and oxygen atoms in total. The number of alkyl halides is 3. The van der Waals surface area contributed by atoms with E-state index >= 15 is 0 Å². The molecule has 37 heavy (non-hydrogen) atoms. The molecule has 0 aliphatic carbocycles. The minimum absolute atomic E-state index is 0.0474. The van der Waals surface area contributed by atoms with Crippen molar-refractivity contribution >= 4 is 17.5 Å². The Morgan fingerprint density at radius 1 is 0.946 bits per heavy atom. The minimum atomic E-state index is -4.56. The van der Waals surface area contributed by atoms with E-state index in [-0.39, 0.29) is 30.8 Å². The number of benzene rings is 1. The van der Waals surface area contributed by atoms with Gasteiger partial charge in [-0.15, -0.1) is 0 Å². The maximum absolute atomic E-state index is 13.4. The van der Waals surface area contributed by atoms with Gasteiger partial charge in [-0.25, -0.2) is 0 Å². The number of para-hydroxylation sites is 1. The summed E-state index contributed by atoms with van der Waals surface area (Å²) in [5.41, 5.74) is 0.592. The lowest BCUT2D eigenvalue weighted by atomic mass is 10.1. The summed E-state index contributed by atoms with van der Waals surface area (Å²) in [5, 5.41) is 3.55. The van der Waals surface area contributed by atoms with Crippen molar-refractivity contribution in [2.24, 2.45) is 11.8 Å². The van der Waals surface area contributed by atoms with E-state index in [2.05, 4.69) is 23.8 Å². The molecule has 0 N–H and O–H groups in total. The van der Waals surface area contributed by atoms with Crippen LogP contribution in [0.4, 0.5) is 18.9 Å². The molecule has 2 heterocycles. The number of anilines is 1. The number of hydrogen-bond acceptors (Lipinski definition) is 4. The molecular formula is C27H38F3N5O2. The third kappa shape index (κ3) is 8.31. The average molecular weight is 522 g/mol. The number of carbonyl (C=O) groups is 2. The lowest BCUT2D eigenvalue weighted by molar-refractivity contribution is -0.142. The monoisotopic (exact) mass is 521 g/mol. The summed E-state index contributed by atoms with van der Waals surface area (Å²) in [6.45, 7) is 11.5. The average Bonchev–Trinajstić information content (AvgIpc) is 3.26. The molecule has 0 atom stereocenters. The highest BCUT2D eigenvalue weighted by molar-refractivity contribution is 5.94. The first kappa shape index (κ1) is 28.7. The zero-order chi connectivity index (χ0) is 27.2. The van der Waals surface area contributed by atoms with E-state index < -0.39 is 11.9 Å². The van der Waals surface area contributed by atoms with Gasteiger partial charge in [-0.1, -0.05) is 45.9 Å². The zero-order valence-electron chi connectivity index (χ0n) is 22.2. The van der Waals surface area contributed by atoms with Crippen LogP contribution < -0.4 is 4.90 Å². The minimum Gasteiger partial charge on any atom is -0.335 e. The quantitative estimate of drug-likeness (QED) is 0.554. The molecule has 0 saturated carbocycles. The fourth-order valence-corrected chi connectivity index (χ4v) is 4.61. The largest absolute Gasteiger partial charge is 0.435 e. The second kappa shape index (κ2) is 12.6. The predicted octanol–water partition coefficient (Wildman–Crippen LogP) is 4.67. The van der Waals surface area contributed by atoms with Crippen molar-refractivity contribution in [1.82, 2.24) is 19.6 Å². The molecule has 0 saturated heterocycles. The Balaban J connectivity index is 1.91. The summed E-state index contributed by atoms with van der Waals surface area (Å²) in [4.78, 5) is 32.4. The molecular weight excluding hydrogens is 483 g/mol. The highest BCUT2D eigenvalue weighted by Gasteiger charge is 2.34. The first-order valence-electron chi connectivity index (χ1n) is 12.9. The lowest BCUT2D eigenvalue weighted by Gasteiger charge is -2.29. The Labute approximate surface area is 217 Å². The maximum atomic E-state index is 13.4. The summed E-state index contributed by atoms with van der Waals surface area (Å²) in [7, 11) is 0. The highest BCUT2D eigenvalue weighted by atomic mass is 19.4. The van der Waals surface area contributed by atoms with Crippen molar-refractivity contribution in [2.75, 3.05) is 37.6 Å². The number of fused-ring (bicyclic) bond motifs is 1. The van der Waals surface area contributed by atoms with Crippen molar-refractivity contribution in [2.45, 2.75) is 59.8 Å². The molecule has 2 amide bonds. The van der Waals surface area contributed by atoms with Crippen LogP contribution in [0.2, 0.25) is 0 Å². The molecule has 0 radical (unpaired) electrons. The topological polar surface area (TPSA) is 61.7 Å². The Morgan fingerprint density at radius 3 is 2.32 bits per heavy atom. The van der Waals surface area contributed by atoms with Crippen molar-refractivity contribution in [1.29, 1.82) is 0 Å². The molecule has 0 unspecified atom stereocenters. The van der Waals surface area contributed by atoms with Crippen molar-refractivity contribution < 1.29 is 22.8 Å². The Morgan fingerprint density at radius 2 is 1.68 bits per heavy atom. The van der Waals surface area contributed by atoms with Gasteiger partial charge in [-0.2, -0.15) is 18.3 Å². The van der Waals surface area contributed by atoms with Crippen LogP contribution >= 0.6 is 0 Å². The van der Waals surface area contributed by atoms with Crippen LogP contribution in [0.5, 0.6) is 0 Å². The van der Waals surface area contributed by atoms with E-state index in [9.17, 15) is 22.8 Å². The molecule has 1 aromatic carbocycles. The predicted molar refractivity (Wildman–Crippen MR) is 137 cm³/mol. The molecule has 1 aliphatic rings. The summed E-state index contributed by atoms with van der Waals surface area (Å²) in [6, 6.07) is 8.44. The molecule has 3 rings (SSSR count). The van der Waals surface area contributed by atoms with Gasteiger partial charge >= 0.3 is 6.18 Å². The van der Waals surface area contributed by atoms with Gasteiger partial charge in [0.2, 0.25) is 11.8 Å². The Kier molecular flexibility index (Phi) is 9.75. The van der Waals surface area contributed by atoms with Crippen molar-refractivity contribution in [3.05, 3.63) is 47.8 Å². The Hall–Kier alpha value is -2.88. The van der Waals surface area contributed by atoms with Gasteiger partial charge in [-0.3, -0.25) is 14.3 Å². The van der Waals surface area contributed by atoms with Gasteiger partial charge in [0.05, 0.1) is 0 Å². The second-order valence-electron chi connectivity index (χ2n) is 10.5. The van der Waals surface area contributed by atoms with E-state index in [0.29, 0.717) is 32.0 Å². The molecule has 204 valence electrons. The van der Waals surface area contributed by atoms with Gasteiger partial charge < -0.3 is 14.7 Å². The number of aromatic nitrogens is 2. The highest BCUT2D eigenvalue weighted by Crippen LogP contribution is 2.28. The molecule has 0 bridgehead atoms. The third-order valence-electron chi connectivity index (χ3n) is 6.27. The van der Waals surface area contributed by atoms with Gasteiger partial charge in [0.15, 0.2) is 5.69 Å². The van der Waals surface area contributed by atoms with Crippen LogP contribution in [0.1, 0.15) is 51.8 Å². The molecule has 2 aromatic rings. The number of rotatable bonds is 6. The summed E-state index contributed by atoms with van der Waals surface area (Å²) >= 11 is 0. The molecule has 0 fully saturated rings. The molecule has 1 aliphatic heterocycles. The molecule has 10 heteroatoms. The zero-order valence-corrected chi connectivity index (χ0v) is 22.2. The standard InChI is InChI=1S/C27H38F3N5O2/c1-20(2)16-25(36)35-12-7-11-32(17-21(3)4)14-15-33(18-22-8-5-6-9-23(22)35)26(37)19-34-13-10-24(31-34)27(28,29)30/h5-6,8-10,13,20-21H,7,11-12,14-19H2,1-4H3. The third-order valence-corrected chi connectivity index (χ3v) is 6.27. The fourth-order valence-electron chi connectivity index (χ4n) is 4.61. The van der Waals surface area contributed by atoms with E-state index in [0.717, 1.165) is 41.5 Å². The van der Waals surface area contributed by atoms with E-state index in [1.165, 1.54) is 6.20 Å². The normalized spacial score (nSPS) is 16.1. The van der Waals surface area contributed by atoms with E-state index in [4.69, 9.17) is 0 Å². The number of carbonyl (C=O) groups excluding carboxylic acids is 2. The van der Waals surface area contributed by atoms with Crippen LogP contribution in [0.15, 0.2) is 36.5 Å². The van der Waals surface area contributed by atoms with Gasteiger partial charge in [-0.05, 0) is 42.5 Å². The van der Waals surface area contributed by atoms with Crippen molar-refractivity contribution in [3.63, 3.8) is 0 Å². The smallest absolute Gasteiger partial charge is 0.335 e. The first-order valence-corrected chi connectivity index (χ1v) is 12.9. The van der Waals surface area contributed by atoms with E-state index in [1.807, 2.05) is 43.0 Å². The Bertz CT molecular complexity index is 1050. The summed E-state index contributed by atoms with van der Waals surface area (Å²) in [5.74, 6) is 0.362. The number of halogens is 3. The number of nitrogens with zero attached hydrogens (tertiary/aromatic N) is 5. The van der Waals surface area contributed by atoms with Crippen LogP contribution in [-0.2, 0) is 28.9 Å². The van der Waals surface area contributed by atoms with Crippen LogP contribution in [0.25, 0.3) is 0 Å². The SMILES string of the molecule is CC(C)CC(=O)N1CCCN(CC(C)C)CCN(C(=O)Cn2ccc(C(F)(F)F)n2)Cc2ccccc21. The molecule has 0 spiro atoms. The van der Waals surface area contributed by atoms with Gasteiger partial charge in [0, 0.05) is 51.0 Å². The fraction of sp³-hybridized carbons (Fsp3) is 0.593. The van der Waals surface area contributed by atoms with Gasteiger partial charge in [0.25, 0.3) is 0 Å². The summed E-state index contributed by atoms with van der Waals surface area (Å²) < 4.78 is 40.0. The van der Waals surface area contributed by atoms with Crippen LogP contribution in [0, 0.1) is 11.8 Å². The van der Waals surface area contributed by atoms with Gasteiger partial charge in [0.1, 0.15) is 6.54 Å². The second-order valence-corrected chi connectivity index (χ2v) is 10.5. The van der Waals surface area contributed by atoms with Crippen molar-refractivity contribution in [3.8, 4) is 0 Å². The summed E-state index contributed by atoms with van der Waals surface area (Å²) in [6.07, 6.45) is -2.16. The number of hydrogen-bond donors (Lipinski definition) is 0. The van der Waals surface area contributed by atoms with Crippen LogP contribution in [0.3, 0.4) is 0 Å². The molecule has 1 aromatic heterocycles. The van der Waals surface area contributed by atoms with Crippen LogP contribution in [-0.4, -0.2) is 64.1 Å². The maximum Gasteiger partial charge on any atom is 0.435 e. The van der Waals surface area contributed by atoms with E-state index in [1.54, 1.807) is 4.90 Å². The first-order chi connectivity index (χ1) is 17.4. The number of amides is 2. The lowest BCUT2D eigenvalue weighted by Crippen LogP contribution is -2.41.